The zero-order valence-electron chi connectivity index (χ0n) is 21.5. The van der Waals surface area contributed by atoms with E-state index in [4.69, 9.17) is 9.47 Å². The van der Waals surface area contributed by atoms with E-state index >= 15 is 0 Å². The fourth-order valence-corrected chi connectivity index (χ4v) is 8.20. The van der Waals surface area contributed by atoms with E-state index in [0.29, 0.717) is 47.6 Å². The molecule has 202 valence electrons. The summed E-state index contributed by atoms with van der Waals surface area (Å²) in [7, 11) is 1.58. The molecule has 0 bridgehead atoms. The third-order valence-corrected chi connectivity index (χ3v) is 10.1. The van der Waals surface area contributed by atoms with Gasteiger partial charge in [-0.1, -0.05) is 52.9 Å². The second-order valence-electron chi connectivity index (χ2n) is 9.78. The standard InChI is InChI=1S/C28H27N3O6S2/c1-16-3-7-18(8-4-16)31-25(33)22-21(17-5-9-19(36-2)10-6-17)24-27(38-23(22)26(31)34)30(28(35)39-24)15-20(32)29-11-13-37-14-12-29/h3-10,21-23H,11-15H2,1-2H3/t21-,22?,23?/m1/s1. The average molecular weight is 566 g/mol. The van der Waals surface area contributed by atoms with Crippen molar-refractivity contribution in [1.29, 1.82) is 0 Å². The molecule has 2 unspecified atom stereocenters. The summed E-state index contributed by atoms with van der Waals surface area (Å²) >= 11 is 2.27. The van der Waals surface area contributed by atoms with Crippen LogP contribution in [0.25, 0.3) is 0 Å². The molecule has 0 radical (unpaired) electrons. The van der Waals surface area contributed by atoms with Gasteiger partial charge in [0.2, 0.25) is 17.7 Å². The fraction of sp³-hybridized carbons (Fsp3) is 0.357. The first-order valence-electron chi connectivity index (χ1n) is 12.7. The number of amides is 3. The molecule has 3 amide bonds. The number of morpholine rings is 1. The van der Waals surface area contributed by atoms with Gasteiger partial charge in [0, 0.05) is 23.9 Å². The van der Waals surface area contributed by atoms with Crippen molar-refractivity contribution >= 4 is 46.5 Å². The van der Waals surface area contributed by atoms with E-state index in [2.05, 4.69) is 0 Å². The number of imide groups is 1. The van der Waals surface area contributed by atoms with E-state index in [-0.39, 0.29) is 29.1 Å². The number of benzene rings is 2. The maximum Gasteiger partial charge on any atom is 0.308 e. The van der Waals surface area contributed by atoms with Crippen molar-refractivity contribution < 1.29 is 23.9 Å². The number of fused-ring (bicyclic) bond motifs is 2. The summed E-state index contributed by atoms with van der Waals surface area (Å²) in [6, 6.07) is 14.7. The Hall–Kier alpha value is -3.41. The molecule has 1 aromatic heterocycles. The Morgan fingerprint density at radius 2 is 1.69 bits per heavy atom. The lowest BCUT2D eigenvalue weighted by Crippen LogP contribution is -2.43. The topological polar surface area (TPSA) is 98.2 Å². The van der Waals surface area contributed by atoms with Gasteiger partial charge in [0.25, 0.3) is 0 Å². The first-order chi connectivity index (χ1) is 18.9. The first-order valence-corrected chi connectivity index (χ1v) is 14.4. The van der Waals surface area contributed by atoms with Crippen molar-refractivity contribution in [2.24, 2.45) is 5.92 Å². The van der Waals surface area contributed by atoms with Crippen molar-refractivity contribution in [2.45, 2.75) is 29.7 Å². The van der Waals surface area contributed by atoms with Crippen LogP contribution in [0, 0.1) is 12.8 Å². The number of thioether (sulfide) groups is 1. The number of hydrogen-bond acceptors (Lipinski definition) is 8. The number of aromatic nitrogens is 1. The Morgan fingerprint density at radius 1 is 1.00 bits per heavy atom. The minimum atomic E-state index is -0.725. The van der Waals surface area contributed by atoms with Crippen LogP contribution in [-0.2, 0) is 25.7 Å². The van der Waals surface area contributed by atoms with Gasteiger partial charge in [0.05, 0.1) is 37.0 Å². The summed E-state index contributed by atoms with van der Waals surface area (Å²) in [5.41, 5.74) is 2.37. The number of hydrogen-bond donors (Lipinski definition) is 0. The summed E-state index contributed by atoms with van der Waals surface area (Å²) in [6.45, 7) is 3.71. The summed E-state index contributed by atoms with van der Waals surface area (Å²) in [6.07, 6.45) is 0. The smallest absolute Gasteiger partial charge is 0.308 e. The van der Waals surface area contributed by atoms with Gasteiger partial charge in [-0.25, -0.2) is 4.90 Å². The van der Waals surface area contributed by atoms with E-state index in [1.54, 1.807) is 24.1 Å². The number of carbonyl (C=O) groups excluding carboxylic acids is 3. The average Bonchev–Trinajstić information content (AvgIpc) is 3.40. The molecule has 4 heterocycles. The highest BCUT2D eigenvalue weighted by molar-refractivity contribution is 8.00. The van der Waals surface area contributed by atoms with Crippen molar-refractivity contribution in [3.63, 3.8) is 0 Å². The maximum atomic E-state index is 13.9. The SMILES string of the molecule is COc1ccc([C@H]2c3sc(=O)n(CC(=O)N4CCOCC4)c3SC3C(=O)N(c4ccc(C)cc4)C(=O)C32)cc1. The highest BCUT2D eigenvalue weighted by Crippen LogP contribution is 2.54. The number of carbonyl (C=O) groups is 3. The fourth-order valence-electron chi connectivity index (χ4n) is 5.42. The monoisotopic (exact) mass is 565 g/mol. The van der Waals surface area contributed by atoms with Gasteiger partial charge in [-0.2, -0.15) is 0 Å². The predicted octanol–water partition coefficient (Wildman–Crippen LogP) is 2.88. The van der Waals surface area contributed by atoms with Crippen LogP contribution in [0.5, 0.6) is 5.75 Å². The number of anilines is 1. The number of ether oxygens (including phenoxy) is 2. The highest BCUT2D eigenvalue weighted by atomic mass is 32.2. The van der Waals surface area contributed by atoms with E-state index in [0.717, 1.165) is 22.5 Å². The molecule has 2 fully saturated rings. The molecule has 9 nitrogen and oxygen atoms in total. The molecule has 11 heteroatoms. The zero-order valence-corrected chi connectivity index (χ0v) is 23.1. The van der Waals surface area contributed by atoms with Crippen LogP contribution in [0.15, 0.2) is 58.4 Å². The Balaban J connectivity index is 1.43. The molecular formula is C28H27N3O6S2. The van der Waals surface area contributed by atoms with Gasteiger partial charge in [-0.05, 0) is 36.8 Å². The molecule has 2 aromatic carbocycles. The molecule has 0 N–H and O–H groups in total. The van der Waals surface area contributed by atoms with E-state index in [1.807, 2.05) is 43.3 Å². The maximum absolute atomic E-state index is 13.9. The Kier molecular flexibility index (Phi) is 6.82. The number of methoxy groups -OCH3 is 1. The summed E-state index contributed by atoms with van der Waals surface area (Å²) < 4.78 is 12.2. The van der Waals surface area contributed by atoms with Crippen molar-refractivity contribution in [1.82, 2.24) is 9.47 Å². The largest absolute Gasteiger partial charge is 0.497 e. The molecule has 0 spiro atoms. The van der Waals surface area contributed by atoms with Gasteiger partial charge in [0.15, 0.2) is 0 Å². The van der Waals surface area contributed by atoms with E-state index < -0.39 is 17.1 Å². The van der Waals surface area contributed by atoms with Gasteiger partial charge in [-0.3, -0.25) is 23.7 Å². The number of thiazole rings is 1. The lowest BCUT2D eigenvalue weighted by molar-refractivity contribution is -0.136. The molecule has 3 aliphatic heterocycles. The molecule has 0 saturated carbocycles. The lowest BCUT2D eigenvalue weighted by Gasteiger charge is -2.31. The molecule has 3 aliphatic rings. The van der Waals surface area contributed by atoms with Crippen LogP contribution in [0.4, 0.5) is 5.69 Å². The molecule has 3 atom stereocenters. The molecule has 2 saturated heterocycles. The van der Waals surface area contributed by atoms with Gasteiger partial charge < -0.3 is 14.4 Å². The molecule has 3 aromatic rings. The van der Waals surface area contributed by atoms with E-state index in [9.17, 15) is 19.2 Å². The van der Waals surface area contributed by atoms with Crippen LogP contribution in [0.3, 0.4) is 0 Å². The van der Waals surface area contributed by atoms with Gasteiger partial charge in [0.1, 0.15) is 17.5 Å². The van der Waals surface area contributed by atoms with Crippen LogP contribution in [0.2, 0.25) is 0 Å². The van der Waals surface area contributed by atoms with Crippen molar-refractivity contribution in [3.8, 4) is 5.75 Å². The van der Waals surface area contributed by atoms with E-state index in [1.165, 1.54) is 21.2 Å². The summed E-state index contributed by atoms with van der Waals surface area (Å²) in [4.78, 5) is 57.5. The molecule has 39 heavy (non-hydrogen) atoms. The van der Waals surface area contributed by atoms with Crippen LogP contribution >= 0.6 is 23.1 Å². The minimum absolute atomic E-state index is 0.117. The summed E-state index contributed by atoms with van der Waals surface area (Å²) in [5.74, 6) is -1.30. The molecular weight excluding hydrogens is 538 g/mol. The highest BCUT2D eigenvalue weighted by Gasteiger charge is 2.56. The molecule has 6 rings (SSSR count). The second-order valence-corrected chi connectivity index (χ2v) is 11.9. The number of nitrogens with zero attached hydrogens (tertiary/aromatic N) is 3. The first kappa shape index (κ1) is 25.8. The number of rotatable bonds is 5. The zero-order chi connectivity index (χ0) is 27.3. The quantitative estimate of drug-likeness (QED) is 0.439. The van der Waals surface area contributed by atoms with Crippen LogP contribution in [0.1, 0.15) is 21.9 Å². The lowest BCUT2D eigenvalue weighted by atomic mass is 9.83. The van der Waals surface area contributed by atoms with Gasteiger partial charge >= 0.3 is 4.87 Å². The second kappa shape index (κ2) is 10.3. The van der Waals surface area contributed by atoms with Crippen LogP contribution in [-0.4, -0.2) is 65.9 Å². The predicted molar refractivity (Wildman–Crippen MR) is 148 cm³/mol. The Morgan fingerprint density at radius 3 is 2.36 bits per heavy atom. The third-order valence-electron chi connectivity index (χ3n) is 7.47. The third kappa shape index (κ3) is 4.48. The van der Waals surface area contributed by atoms with Gasteiger partial charge in [-0.15, -0.1) is 0 Å². The minimum Gasteiger partial charge on any atom is -0.497 e. The Bertz CT molecular complexity index is 1490. The number of aryl methyl sites for hydroxylation is 1. The normalized spacial score (nSPS) is 22.6. The Labute approximate surface area is 233 Å². The molecule has 0 aliphatic carbocycles. The van der Waals surface area contributed by atoms with Crippen molar-refractivity contribution in [3.05, 3.63) is 74.2 Å². The van der Waals surface area contributed by atoms with Crippen LogP contribution < -0.4 is 14.5 Å². The van der Waals surface area contributed by atoms with Crippen molar-refractivity contribution in [2.75, 3.05) is 38.3 Å². The summed E-state index contributed by atoms with van der Waals surface area (Å²) in [5, 5.41) is -0.141.